The molecule has 2 aliphatic rings. The van der Waals surface area contributed by atoms with Crippen LogP contribution in [-0.4, -0.2) is 49.2 Å². The first-order chi connectivity index (χ1) is 13.6. The number of piperidine rings is 1. The SMILES string of the molecule is O=C(c1ccc(Br)cc1)c1ccccc1C(=O)N1CCCC(C2OCCO2)C1. The monoisotopic (exact) mass is 443 g/mol. The Kier molecular flexibility index (Phi) is 5.90. The van der Waals surface area contributed by atoms with Gasteiger partial charge >= 0.3 is 0 Å². The van der Waals surface area contributed by atoms with E-state index < -0.39 is 0 Å². The number of hydrogen-bond acceptors (Lipinski definition) is 4. The van der Waals surface area contributed by atoms with Crippen molar-refractivity contribution < 1.29 is 19.1 Å². The molecule has 0 aliphatic carbocycles. The zero-order valence-corrected chi connectivity index (χ0v) is 17.1. The Bertz CT molecular complexity index is 861. The number of ketones is 1. The van der Waals surface area contributed by atoms with E-state index in [4.69, 9.17) is 9.47 Å². The van der Waals surface area contributed by atoms with Gasteiger partial charge < -0.3 is 14.4 Å². The van der Waals surface area contributed by atoms with Crippen molar-refractivity contribution in [2.24, 2.45) is 5.92 Å². The van der Waals surface area contributed by atoms with Gasteiger partial charge in [0, 0.05) is 34.6 Å². The van der Waals surface area contributed by atoms with E-state index in [0.29, 0.717) is 43.0 Å². The highest BCUT2D eigenvalue weighted by atomic mass is 79.9. The van der Waals surface area contributed by atoms with Crippen LogP contribution < -0.4 is 0 Å². The standard InChI is InChI=1S/C22H22BrNO4/c23-17-9-7-15(8-10-17)20(25)18-5-1-2-6-19(18)21(26)24-11-3-4-16(14-24)22-27-12-13-28-22/h1-2,5-10,16,22H,3-4,11-14H2. The first kappa shape index (κ1) is 19.3. The maximum atomic E-state index is 13.3. The second-order valence-corrected chi connectivity index (χ2v) is 8.06. The third-order valence-electron chi connectivity index (χ3n) is 5.29. The van der Waals surface area contributed by atoms with Crippen molar-refractivity contribution in [3.63, 3.8) is 0 Å². The van der Waals surface area contributed by atoms with Gasteiger partial charge in [-0.3, -0.25) is 9.59 Å². The molecule has 28 heavy (non-hydrogen) atoms. The van der Waals surface area contributed by atoms with Crippen molar-refractivity contribution >= 4 is 27.6 Å². The second-order valence-electron chi connectivity index (χ2n) is 7.15. The summed E-state index contributed by atoms with van der Waals surface area (Å²) in [7, 11) is 0. The number of halogens is 1. The average Bonchev–Trinajstić information content (AvgIpc) is 3.28. The molecule has 2 heterocycles. The van der Waals surface area contributed by atoms with Crippen LogP contribution in [0.5, 0.6) is 0 Å². The zero-order valence-electron chi connectivity index (χ0n) is 15.5. The predicted octanol–water partition coefficient (Wildman–Crippen LogP) is 3.91. The zero-order chi connectivity index (χ0) is 19.5. The molecule has 0 spiro atoms. The number of benzene rings is 2. The number of amides is 1. The van der Waals surface area contributed by atoms with Crippen LogP contribution in [0.1, 0.15) is 39.1 Å². The number of likely N-dealkylation sites (tertiary alicyclic amines) is 1. The minimum atomic E-state index is -0.227. The summed E-state index contributed by atoms with van der Waals surface area (Å²) in [5, 5.41) is 0. The summed E-state index contributed by atoms with van der Waals surface area (Å²) in [5.41, 5.74) is 1.45. The number of carbonyl (C=O) groups is 2. The Labute approximate surface area is 172 Å². The molecule has 0 aromatic heterocycles. The van der Waals surface area contributed by atoms with Crippen molar-refractivity contribution in [3.8, 4) is 0 Å². The lowest BCUT2D eigenvalue weighted by Gasteiger charge is -2.35. The van der Waals surface area contributed by atoms with Gasteiger partial charge in [-0.1, -0.05) is 34.1 Å². The largest absolute Gasteiger partial charge is 0.350 e. The summed E-state index contributed by atoms with van der Waals surface area (Å²) in [6.07, 6.45) is 1.66. The van der Waals surface area contributed by atoms with Gasteiger partial charge in [0.15, 0.2) is 12.1 Å². The van der Waals surface area contributed by atoms with Gasteiger partial charge in [0.2, 0.25) is 0 Å². The van der Waals surface area contributed by atoms with E-state index in [0.717, 1.165) is 17.3 Å². The van der Waals surface area contributed by atoms with E-state index in [1.807, 2.05) is 17.0 Å². The molecule has 4 rings (SSSR count). The van der Waals surface area contributed by atoms with E-state index in [1.54, 1.807) is 36.4 Å². The summed E-state index contributed by atoms with van der Waals surface area (Å²) in [4.78, 5) is 28.1. The summed E-state index contributed by atoms with van der Waals surface area (Å²) in [6, 6.07) is 14.2. The Morgan fingerprint density at radius 3 is 2.36 bits per heavy atom. The Balaban J connectivity index is 1.56. The highest BCUT2D eigenvalue weighted by molar-refractivity contribution is 9.10. The quantitative estimate of drug-likeness (QED) is 0.672. The van der Waals surface area contributed by atoms with Crippen molar-refractivity contribution in [2.75, 3.05) is 26.3 Å². The van der Waals surface area contributed by atoms with Gasteiger partial charge in [-0.15, -0.1) is 0 Å². The van der Waals surface area contributed by atoms with Gasteiger partial charge in [0.05, 0.1) is 18.8 Å². The van der Waals surface area contributed by atoms with E-state index in [1.165, 1.54) is 0 Å². The molecule has 2 aromatic carbocycles. The number of hydrogen-bond donors (Lipinski definition) is 0. The van der Waals surface area contributed by atoms with E-state index in [9.17, 15) is 9.59 Å². The summed E-state index contributed by atoms with van der Waals surface area (Å²) in [6.45, 7) is 2.49. The normalized spacial score (nSPS) is 20.3. The van der Waals surface area contributed by atoms with Crippen LogP contribution in [0.3, 0.4) is 0 Å². The van der Waals surface area contributed by atoms with Crippen LogP contribution in [0.25, 0.3) is 0 Å². The van der Waals surface area contributed by atoms with Crippen LogP contribution in [0.15, 0.2) is 53.0 Å². The van der Waals surface area contributed by atoms with Gasteiger partial charge in [-0.2, -0.15) is 0 Å². The molecule has 2 aromatic rings. The molecule has 1 unspecified atom stereocenters. The lowest BCUT2D eigenvalue weighted by Crippen LogP contribution is -2.44. The molecular weight excluding hydrogens is 422 g/mol. The van der Waals surface area contributed by atoms with Crippen molar-refractivity contribution in [1.82, 2.24) is 4.90 Å². The Hall–Kier alpha value is -2.02. The molecule has 146 valence electrons. The highest BCUT2D eigenvalue weighted by Crippen LogP contribution is 2.27. The molecule has 0 bridgehead atoms. The van der Waals surface area contributed by atoms with Crippen LogP contribution in [-0.2, 0) is 9.47 Å². The van der Waals surface area contributed by atoms with Crippen molar-refractivity contribution in [3.05, 3.63) is 69.7 Å². The molecule has 0 radical (unpaired) electrons. The molecule has 2 saturated heterocycles. The number of nitrogens with zero attached hydrogens (tertiary/aromatic N) is 1. The van der Waals surface area contributed by atoms with Crippen LogP contribution in [0.2, 0.25) is 0 Å². The van der Waals surface area contributed by atoms with Crippen LogP contribution in [0.4, 0.5) is 0 Å². The molecular formula is C22H22BrNO4. The third kappa shape index (κ3) is 4.04. The van der Waals surface area contributed by atoms with Crippen LogP contribution in [0, 0.1) is 5.92 Å². The number of rotatable bonds is 4. The fourth-order valence-corrected chi connectivity index (χ4v) is 4.12. The number of carbonyl (C=O) groups excluding carboxylic acids is 2. The summed E-state index contributed by atoms with van der Waals surface area (Å²) >= 11 is 3.38. The highest BCUT2D eigenvalue weighted by Gasteiger charge is 2.33. The predicted molar refractivity (Wildman–Crippen MR) is 108 cm³/mol. The average molecular weight is 444 g/mol. The first-order valence-electron chi connectivity index (χ1n) is 9.55. The van der Waals surface area contributed by atoms with E-state index in [2.05, 4.69) is 15.9 Å². The van der Waals surface area contributed by atoms with Crippen molar-refractivity contribution in [1.29, 1.82) is 0 Å². The summed E-state index contributed by atoms with van der Waals surface area (Å²) < 4.78 is 12.2. The molecule has 0 N–H and O–H groups in total. The molecule has 1 atom stereocenters. The van der Waals surface area contributed by atoms with E-state index >= 15 is 0 Å². The fourth-order valence-electron chi connectivity index (χ4n) is 3.86. The molecule has 0 saturated carbocycles. The van der Waals surface area contributed by atoms with Gasteiger partial charge in [-0.05, 0) is 43.2 Å². The first-order valence-corrected chi connectivity index (χ1v) is 10.3. The van der Waals surface area contributed by atoms with E-state index in [-0.39, 0.29) is 23.9 Å². The minimum Gasteiger partial charge on any atom is -0.350 e. The fraction of sp³-hybridized carbons (Fsp3) is 0.364. The van der Waals surface area contributed by atoms with Crippen molar-refractivity contribution in [2.45, 2.75) is 19.1 Å². The lowest BCUT2D eigenvalue weighted by molar-refractivity contribution is -0.0969. The maximum Gasteiger partial charge on any atom is 0.254 e. The maximum absolute atomic E-state index is 13.3. The topological polar surface area (TPSA) is 55.8 Å². The summed E-state index contributed by atoms with van der Waals surface area (Å²) in [5.74, 6) is -0.0780. The Morgan fingerprint density at radius 1 is 0.964 bits per heavy atom. The number of ether oxygens (including phenoxy) is 2. The third-order valence-corrected chi connectivity index (χ3v) is 5.81. The van der Waals surface area contributed by atoms with Gasteiger partial charge in [0.25, 0.3) is 5.91 Å². The molecule has 1 amide bonds. The molecule has 2 aliphatic heterocycles. The van der Waals surface area contributed by atoms with Gasteiger partial charge in [-0.25, -0.2) is 0 Å². The van der Waals surface area contributed by atoms with Gasteiger partial charge in [0.1, 0.15) is 0 Å². The lowest BCUT2D eigenvalue weighted by atomic mass is 9.94. The second kappa shape index (κ2) is 8.55. The smallest absolute Gasteiger partial charge is 0.254 e. The minimum absolute atomic E-state index is 0.108. The molecule has 6 heteroatoms. The molecule has 2 fully saturated rings. The van der Waals surface area contributed by atoms with Crippen LogP contribution >= 0.6 is 15.9 Å². The molecule has 5 nitrogen and oxygen atoms in total. The Morgan fingerprint density at radius 2 is 1.64 bits per heavy atom.